The number of carbonyl (C=O) groups is 2. The number of nitrogens with one attached hydrogen (secondary N) is 3. The van der Waals surface area contributed by atoms with Crippen molar-refractivity contribution in [2.24, 2.45) is 5.92 Å². The van der Waals surface area contributed by atoms with Crippen LogP contribution in [0.2, 0.25) is 0 Å². The Labute approximate surface area is 139 Å². The van der Waals surface area contributed by atoms with E-state index in [4.69, 9.17) is 0 Å². The molecule has 23 heavy (non-hydrogen) atoms. The van der Waals surface area contributed by atoms with Crippen molar-refractivity contribution in [1.82, 2.24) is 20.9 Å². The Balaban J connectivity index is 1.74. The molecule has 0 radical (unpaired) electrons. The molecule has 2 saturated heterocycles. The minimum absolute atomic E-state index is 0.00608. The third-order valence-corrected chi connectivity index (χ3v) is 4.97. The van der Waals surface area contributed by atoms with Gasteiger partial charge in [0.25, 0.3) is 0 Å². The largest absolute Gasteiger partial charge is 0.355 e. The van der Waals surface area contributed by atoms with Crippen molar-refractivity contribution in [3.05, 3.63) is 0 Å². The Hall–Kier alpha value is -1.14. The molecule has 2 aliphatic heterocycles. The molecule has 6 nitrogen and oxygen atoms in total. The van der Waals surface area contributed by atoms with Gasteiger partial charge >= 0.3 is 0 Å². The lowest BCUT2D eigenvalue weighted by Crippen LogP contribution is -2.51. The zero-order valence-corrected chi connectivity index (χ0v) is 14.6. The van der Waals surface area contributed by atoms with E-state index in [9.17, 15) is 9.59 Å². The highest BCUT2D eigenvalue weighted by atomic mass is 16.2. The summed E-state index contributed by atoms with van der Waals surface area (Å²) in [6.07, 6.45) is 5.20. The molecule has 2 aliphatic rings. The first kappa shape index (κ1) is 18.2. The fourth-order valence-corrected chi connectivity index (χ4v) is 3.45. The van der Waals surface area contributed by atoms with Crippen LogP contribution in [0.3, 0.4) is 0 Å². The summed E-state index contributed by atoms with van der Waals surface area (Å²) in [7, 11) is 0. The summed E-state index contributed by atoms with van der Waals surface area (Å²) in [5.74, 6) is 0.690. The zero-order valence-electron chi connectivity index (χ0n) is 14.6. The van der Waals surface area contributed by atoms with Gasteiger partial charge in [-0.15, -0.1) is 0 Å². The highest BCUT2D eigenvalue weighted by molar-refractivity contribution is 5.82. The molecule has 132 valence electrons. The Kier molecular flexibility index (Phi) is 7.30. The van der Waals surface area contributed by atoms with Crippen molar-refractivity contribution in [3.63, 3.8) is 0 Å². The SMILES string of the molecule is CCCNC(=O)C(C)N1CCCC(CNC(=O)C2CCCN2)C1. The van der Waals surface area contributed by atoms with E-state index in [1.165, 1.54) is 0 Å². The number of likely N-dealkylation sites (tertiary alicyclic amines) is 1. The highest BCUT2D eigenvalue weighted by Gasteiger charge is 2.28. The summed E-state index contributed by atoms with van der Waals surface area (Å²) in [5.41, 5.74) is 0. The van der Waals surface area contributed by atoms with Crippen molar-refractivity contribution in [1.29, 1.82) is 0 Å². The summed E-state index contributed by atoms with van der Waals surface area (Å²) in [6, 6.07) is -0.0926. The van der Waals surface area contributed by atoms with Crippen LogP contribution in [0.1, 0.15) is 46.0 Å². The van der Waals surface area contributed by atoms with E-state index in [-0.39, 0.29) is 23.9 Å². The van der Waals surface area contributed by atoms with Gasteiger partial charge in [-0.3, -0.25) is 14.5 Å². The third kappa shape index (κ3) is 5.46. The molecule has 3 atom stereocenters. The number of nitrogens with zero attached hydrogens (tertiary/aromatic N) is 1. The van der Waals surface area contributed by atoms with Crippen LogP contribution in [0.15, 0.2) is 0 Å². The van der Waals surface area contributed by atoms with Gasteiger partial charge in [0.05, 0.1) is 12.1 Å². The molecule has 3 N–H and O–H groups in total. The summed E-state index contributed by atoms with van der Waals surface area (Å²) in [5, 5.41) is 9.29. The Morgan fingerprint density at radius 2 is 2.09 bits per heavy atom. The van der Waals surface area contributed by atoms with Crippen molar-refractivity contribution in [2.45, 2.75) is 58.0 Å². The van der Waals surface area contributed by atoms with Crippen LogP contribution in [-0.2, 0) is 9.59 Å². The lowest BCUT2D eigenvalue weighted by Gasteiger charge is -2.36. The number of piperidine rings is 1. The smallest absolute Gasteiger partial charge is 0.237 e. The number of hydrogen-bond donors (Lipinski definition) is 3. The maximum absolute atomic E-state index is 12.1. The standard InChI is InChI=1S/C17H32N4O2/c1-3-8-19-16(22)13(2)21-10-5-6-14(12-21)11-20-17(23)15-7-4-9-18-15/h13-15,18H,3-12H2,1-2H3,(H,19,22)(H,20,23). The van der Waals surface area contributed by atoms with Gasteiger partial charge in [0, 0.05) is 19.6 Å². The molecular formula is C17H32N4O2. The topological polar surface area (TPSA) is 73.5 Å². The lowest BCUT2D eigenvalue weighted by molar-refractivity contribution is -0.127. The Morgan fingerprint density at radius 1 is 1.26 bits per heavy atom. The molecule has 6 heteroatoms. The maximum atomic E-state index is 12.1. The Morgan fingerprint density at radius 3 is 2.78 bits per heavy atom. The van der Waals surface area contributed by atoms with Crippen LogP contribution in [0.5, 0.6) is 0 Å². The van der Waals surface area contributed by atoms with E-state index >= 15 is 0 Å². The van der Waals surface area contributed by atoms with E-state index in [1.54, 1.807) is 0 Å². The first-order chi connectivity index (χ1) is 11.1. The Bertz CT molecular complexity index is 396. The minimum Gasteiger partial charge on any atom is -0.355 e. The lowest BCUT2D eigenvalue weighted by atomic mass is 9.96. The normalized spacial score (nSPS) is 26.7. The average Bonchev–Trinajstić information content (AvgIpc) is 3.11. The van der Waals surface area contributed by atoms with Crippen LogP contribution < -0.4 is 16.0 Å². The molecule has 0 aliphatic carbocycles. The number of hydrogen-bond acceptors (Lipinski definition) is 4. The molecule has 0 spiro atoms. The van der Waals surface area contributed by atoms with Crippen LogP contribution in [0, 0.1) is 5.92 Å². The van der Waals surface area contributed by atoms with Crippen LogP contribution in [-0.4, -0.2) is 61.5 Å². The number of rotatable bonds is 7. The molecule has 0 aromatic heterocycles. The number of amides is 2. The van der Waals surface area contributed by atoms with Gasteiger partial charge in [-0.25, -0.2) is 0 Å². The predicted octanol–water partition coefficient (Wildman–Crippen LogP) is 0.481. The van der Waals surface area contributed by atoms with Gasteiger partial charge in [0.15, 0.2) is 0 Å². The summed E-state index contributed by atoms with van der Waals surface area (Å²) >= 11 is 0. The van der Waals surface area contributed by atoms with Crippen molar-refractivity contribution in [2.75, 3.05) is 32.7 Å². The van der Waals surface area contributed by atoms with Crippen LogP contribution in [0.4, 0.5) is 0 Å². The van der Waals surface area contributed by atoms with E-state index < -0.39 is 0 Å². The fourth-order valence-electron chi connectivity index (χ4n) is 3.45. The van der Waals surface area contributed by atoms with Crippen LogP contribution in [0.25, 0.3) is 0 Å². The second-order valence-corrected chi connectivity index (χ2v) is 6.86. The first-order valence-corrected chi connectivity index (χ1v) is 9.14. The van der Waals surface area contributed by atoms with E-state index in [0.29, 0.717) is 5.92 Å². The molecule has 2 heterocycles. The summed E-state index contributed by atoms with van der Waals surface area (Å²) in [4.78, 5) is 26.4. The molecule has 0 aromatic rings. The molecule has 0 aromatic carbocycles. The van der Waals surface area contributed by atoms with Crippen molar-refractivity contribution >= 4 is 11.8 Å². The fraction of sp³-hybridized carbons (Fsp3) is 0.882. The monoisotopic (exact) mass is 324 g/mol. The van der Waals surface area contributed by atoms with Gasteiger partial charge in [-0.2, -0.15) is 0 Å². The zero-order chi connectivity index (χ0) is 16.7. The first-order valence-electron chi connectivity index (χ1n) is 9.14. The van der Waals surface area contributed by atoms with Gasteiger partial charge in [0.2, 0.25) is 11.8 Å². The van der Waals surface area contributed by atoms with Gasteiger partial charge in [-0.1, -0.05) is 6.92 Å². The average molecular weight is 324 g/mol. The molecule has 2 fully saturated rings. The van der Waals surface area contributed by atoms with E-state index in [2.05, 4.69) is 27.8 Å². The van der Waals surface area contributed by atoms with Crippen molar-refractivity contribution in [3.8, 4) is 0 Å². The molecular weight excluding hydrogens is 292 g/mol. The van der Waals surface area contributed by atoms with Crippen molar-refractivity contribution < 1.29 is 9.59 Å². The molecule has 3 unspecified atom stereocenters. The highest BCUT2D eigenvalue weighted by Crippen LogP contribution is 2.18. The molecule has 0 bridgehead atoms. The van der Waals surface area contributed by atoms with Gasteiger partial charge < -0.3 is 16.0 Å². The molecule has 2 rings (SSSR count). The van der Waals surface area contributed by atoms with Gasteiger partial charge in [0.1, 0.15) is 0 Å². The number of carbonyl (C=O) groups excluding carboxylic acids is 2. The quantitative estimate of drug-likeness (QED) is 0.637. The minimum atomic E-state index is -0.0865. The second kappa shape index (κ2) is 9.23. The molecule has 0 saturated carbocycles. The summed E-state index contributed by atoms with van der Waals surface area (Å²) in [6.45, 7) is 8.30. The predicted molar refractivity (Wildman–Crippen MR) is 91.1 cm³/mol. The molecule has 2 amide bonds. The van der Waals surface area contributed by atoms with E-state index in [0.717, 1.165) is 64.8 Å². The third-order valence-electron chi connectivity index (χ3n) is 4.97. The van der Waals surface area contributed by atoms with Gasteiger partial charge in [-0.05, 0) is 58.0 Å². The second-order valence-electron chi connectivity index (χ2n) is 6.86. The van der Waals surface area contributed by atoms with E-state index in [1.807, 2.05) is 6.92 Å². The maximum Gasteiger partial charge on any atom is 0.237 e. The van der Waals surface area contributed by atoms with Crippen LogP contribution >= 0.6 is 0 Å². The summed E-state index contributed by atoms with van der Waals surface area (Å²) < 4.78 is 0.